The molecule has 0 unspecified atom stereocenters. The number of hydrogen-bond acceptors (Lipinski definition) is 6. The maximum atomic E-state index is 13.1. The molecule has 3 rings (SSSR count). The Bertz CT molecular complexity index is 741. The van der Waals surface area contributed by atoms with Gasteiger partial charge < -0.3 is 19.1 Å². The van der Waals surface area contributed by atoms with Crippen LogP contribution in [0.15, 0.2) is 29.2 Å². The summed E-state index contributed by atoms with van der Waals surface area (Å²) in [4.78, 5) is 13.9. The van der Waals surface area contributed by atoms with Crippen LogP contribution in [0.3, 0.4) is 0 Å². The zero-order valence-corrected chi connectivity index (χ0v) is 15.8. The molecule has 0 saturated carbocycles. The van der Waals surface area contributed by atoms with Gasteiger partial charge in [0.1, 0.15) is 18.1 Å². The molecule has 144 valence electrons. The Balaban J connectivity index is 1.78. The van der Waals surface area contributed by atoms with E-state index in [0.29, 0.717) is 44.8 Å². The first-order valence-corrected chi connectivity index (χ1v) is 9.94. The molecule has 0 aliphatic carbocycles. The quantitative estimate of drug-likeness (QED) is 0.742. The fourth-order valence-corrected chi connectivity index (χ4v) is 5.25. The van der Waals surface area contributed by atoms with Gasteiger partial charge in [-0.2, -0.15) is 4.31 Å². The standard InChI is InChI=1S/C17H24N2O6S/c1-23-13-16(20)18-9-7-17(8-10-18)19(11-12-25-17)26(21,22)15-5-3-14(24-2)4-6-15/h3-6H,7-13H2,1-2H3. The van der Waals surface area contributed by atoms with E-state index in [1.807, 2.05) is 0 Å². The molecule has 0 N–H and O–H groups in total. The van der Waals surface area contributed by atoms with Crippen LogP contribution in [0.2, 0.25) is 0 Å². The molecule has 1 amide bonds. The molecule has 2 heterocycles. The normalized spacial score (nSPS) is 20.5. The highest BCUT2D eigenvalue weighted by Gasteiger charge is 2.50. The molecule has 8 nitrogen and oxygen atoms in total. The highest BCUT2D eigenvalue weighted by Crippen LogP contribution is 2.38. The number of hydrogen-bond donors (Lipinski definition) is 0. The number of amides is 1. The van der Waals surface area contributed by atoms with Crippen LogP contribution in [0.4, 0.5) is 0 Å². The van der Waals surface area contributed by atoms with Crippen molar-refractivity contribution in [1.82, 2.24) is 9.21 Å². The summed E-state index contributed by atoms with van der Waals surface area (Å²) in [7, 11) is -0.683. The van der Waals surface area contributed by atoms with Crippen LogP contribution in [0, 0.1) is 0 Å². The van der Waals surface area contributed by atoms with Crippen molar-refractivity contribution in [2.45, 2.75) is 23.5 Å². The molecule has 0 atom stereocenters. The summed E-state index contributed by atoms with van der Waals surface area (Å²) in [6.45, 7) is 1.57. The summed E-state index contributed by atoms with van der Waals surface area (Å²) in [6.07, 6.45) is 0.885. The Labute approximate surface area is 153 Å². The lowest BCUT2D eigenvalue weighted by Crippen LogP contribution is -2.56. The van der Waals surface area contributed by atoms with Crippen molar-refractivity contribution in [3.8, 4) is 5.75 Å². The van der Waals surface area contributed by atoms with Gasteiger partial charge >= 0.3 is 0 Å². The first kappa shape index (κ1) is 19.1. The van der Waals surface area contributed by atoms with Crippen molar-refractivity contribution in [3.05, 3.63) is 24.3 Å². The molecular weight excluding hydrogens is 360 g/mol. The number of likely N-dealkylation sites (tertiary alicyclic amines) is 1. The molecule has 1 aromatic carbocycles. The summed E-state index contributed by atoms with van der Waals surface area (Å²) in [5.41, 5.74) is -0.886. The van der Waals surface area contributed by atoms with E-state index in [1.54, 1.807) is 17.0 Å². The van der Waals surface area contributed by atoms with Gasteiger partial charge in [-0.25, -0.2) is 8.42 Å². The summed E-state index contributed by atoms with van der Waals surface area (Å²) >= 11 is 0. The molecule has 0 bridgehead atoms. The van der Waals surface area contributed by atoms with Gasteiger partial charge in [-0.05, 0) is 24.3 Å². The summed E-state index contributed by atoms with van der Waals surface area (Å²) in [5, 5.41) is 0. The van der Waals surface area contributed by atoms with Crippen LogP contribution in [0.25, 0.3) is 0 Å². The maximum Gasteiger partial charge on any atom is 0.248 e. The molecule has 1 spiro atoms. The molecule has 2 saturated heterocycles. The second-order valence-electron chi connectivity index (χ2n) is 6.36. The number of ether oxygens (including phenoxy) is 3. The van der Waals surface area contributed by atoms with Crippen molar-refractivity contribution in [2.75, 3.05) is 47.1 Å². The van der Waals surface area contributed by atoms with E-state index in [2.05, 4.69) is 0 Å². The molecular formula is C17H24N2O6S. The fraction of sp³-hybridized carbons (Fsp3) is 0.588. The van der Waals surface area contributed by atoms with Gasteiger partial charge in [0.05, 0.1) is 18.6 Å². The fourth-order valence-electron chi connectivity index (χ4n) is 3.52. The highest BCUT2D eigenvalue weighted by molar-refractivity contribution is 7.89. The number of nitrogens with zero attached hydrogens (tertiary/aromatic N) is 2. The Morgan fingerprint density at radius 2 is 1.81 bits per heavy atom. The Hall–Kier alpha value is -1.68. The van der Waals surface area contributed by atoms with Crippen LogP contribution in [-0.2, 0) is 24.3 Å². The van der Waals surface area contributed by atoms with E-state index in [0.717, 1.165) is 0 Å². The summed E-state index contributed by atoms with van der Waals surface area (Å²) < 4.78 is 43.6. The predicted octanol–water partition coefficient (Wildman–Crippen LogP) is 0.681. The second-order valence-corrected chi connectivity index (χ2v) is 8.22. The lowest BCUT2D eigenvalue weighted by atomic mass is 10.0. The van der Waals surface area contributed by atoms with E-state index in [4.69, 9.17) is 14.2 Å². The average Bonchev–Trinajstić information content (AvgIpc) is 3.06. The zero-order chi connectivity index (χ0) is 18.8. The molecule has 0 radical (unpaired) electrons. The van der Waals surface area contributed by atoms with Crippen molar-refractivity contribution < 1.29 is 27.4 Å². The van der Waals surface area contributed by atoms with E-state index in [-0.39, 0.29) is 17.4 Å². The first-order chi connectivity index (χ1) is 12.4. The van der Waals surface area contributed by atoms with E-state index < -0.39 is 15.7 Å². The highest BCUT2D eigenvalue weighted by atomic mass is 32.2. The van der Waals surface area contributed by atoms with Crippen LogP contribution < -0.4 is 4.74 Å². The number of methoxy groups -OCH3 is 2. The minimum Gasteiger partial charge on any atom is -0.497 e. The van der Waals surface area contributed by atoms with Crippen molar-refractivity contribution in [1.29, 1.82) is 0 Å². The molecule has 0 aromatic heterocycles. The third-order valence-corrected chi connectivity index (χ3v) is 6.90. The number of rotatable bonds is 5. The van der Waals surface area contributed by atoms with Gasteiger partial charge in [0.25, 0.3) is 0 Å². The van der Waals surface area contributed by atoms with Crippen molar-refractivity contribution >= 4 is 15.9 Å². The van der Waals surface area contributed by atoms with Gasteiger partial charge in [0.2, 0.25) is 15.9 Å². The zero-order valence-electron chi connectivity index (χ0n) is 15.0. The van der Waals surface area contributed by atoms with Crippen molar-refractivity contribution in [3.63, 3.8) is 0 Å². The monoisotopic (exact) mass is 384 g/mol. The minimum atomic E-state index is -3.70. The van der Waals surface area contributed by atoms with Crippen LogP contribution in [0.5, 0.6) is 5.75 Å². The van der Waals surface area contributed by atoms with Gasteiger partial charge in [-0.1, -0.05) is 0 Å². The van der Waals surface area contributed by atoms with Crippen LogP contribution in [0.1, 0.15) is 12.8 Å². The second kappa shape index (κ2) is 7.51. The summed E-state index contributed by atoms with van der Waals surface area (Å²) in [5.74, 6) is 0.506. The summed E-state index contributed by atoms with van der Waals surface area (Å²) in [6, 6.07) is 6.33. The number of piperidine rings is 1. The third-order valence-electron chi connectivity index (χ3n) is 4.93. The SMILES string of the molecule is COCC(=O)N1CCC2(CC1)OCCN2S(=O)(=O)c1ccc(OC)cc1. The smallest absolute Gasteiger partial charge is 0.248 e. The average molecular weight is 384 g/mol. The molecule has 2 fully saturated rings. The Kier molecular flexibility index (Phi) is 5.52. The minimum absolute atomic E-state index is 0.0295. The molecule has 1 aromatic rings. The van der Waals surface area contributed by atoms with E-state index in [9.17, 15) is 13.2 Å². The van der Waals surface area contributed by atoms with Crippen molar-refractivity contribution in [2.24, 2.45) is 0 Å². The van der Waals surface area contributed by atoms with E-state index in [1.165, 1.54) is 30.7 Å². The molecule has 2 aliphatic rings. The number of sulfonamides is 1. The largest absolute Gasteiger partial charge is 0.497 e. The lowest BCUT2D eigenvalue weighted by molar-refractivity contribution is -0.143. The van der Waals surface area contributed by atoms with Crippen LogP contribution >= 0.6 is 0 Å². The van der Waals surface area contributed by atoms with Gasteiger partial charge in [0, 0.05) is 39.6 Å². The first-order valence-electron chi connectivity index (χ1n) is 8.50. The number of carbonyl (C=O) groups excluding carboxylic acids is 1. The Morgan fingerprint density at radius 1 is 1.15 bits per heavy atom. The molecule has 9 heteroatoms. The number of benzene rings is 1. The predicted molar refractivity (Wildman–Crippen MR) is 93.3 cm³/mol. The third kappa shape index (κ3) is 3.44. The van der Waals surface area contributed by atoms with Gasteiger partial charge in [-0.15, -0.1) is 0 Å². The molecule has 2 aliphatic heterocycles. The van der Waals surface area contributed by atoms with Gasteiger partial charge in [0.15, 0.2) is 0 Å². The van der Waals surface area contributed by atoms with Gasteiger partial charge in [-0.3, -0.25) is 4.79 Å². The Morgan fingerprint density at radius 3 is 2.38 bits per heavy atom. The van der Waals surface area contributed by atoms with Crippen LogP contribution in [-0.4, -0.2) is 76.3 Å². The maximum absolute atomic E-state index is 13.1. The number of carbonyl (C=O) groups is 1. The lowest BCUT2D eigenvalue weighted by Gasteiger charge is -2.42. The topological polar surface area (TPSA) is 85.4 Å². The van der Waals surface area contributed by atoms with E-state index >= 15 is 0 Å². The molecule has 26 heavy (non-hydrogen) atoms.